The minimum Gasteiger partial charge on any atom is -0.0622 e. The molecule has 0 aliphatic heterocycles. The molecule has 6 aliphatic carbocycles. The molecule has 0 radical (unpaired) electrons. The SMILES string of the molecule is C[C@H]1[C@H](C)CC[C@]2(C)CC[C@]34C[C@]3(CC[C@@H]3[C@@]5(C)CCCC(C)(C)[C@@H]5CC[C@]34C)[C@H]12. The lowest BCUT2D eigenvalue weighted by Gasteiger charge is -2.69. The zero-order valence-electron chi connectivity index (χ0n) is 21.4. The molecule has 0 spiro atoms. The molecule has 0 N–H and O–H groups in total. The molecule has 0 heteroatoms. The van der Waals surface area contributed by atoms with Gasteiger partial charge in [0.25, 0.3) is 0 Å². The van der Waals surface area contributed by atoms with Crippen molar-refractivity contribution in [1.82, 2.24) is 0 Å². The third-order valence-corrected chi connectivity index (χ3v) is 14.3. The highest BCUT2D eigenvalue weighted by molar-refractivity contribution is 5.32. The summed E-state index contributed by atoms with van der Waals surface area (Å²) in [4.78, 5) is 0. The highest BCUT2D eigenvalue weighted by Gasteiger charge is 2.84. The summed E-state index contributed by atoms with van der Waals surface area (Å²) in [6, 6.07) is 0. The fourth-order valence-electron chi connectivity index (χ4n) is 12.9. The van der Waals surface area contributed by atoms with Crippen LogP contribution in [-0.2, 0) is 0 Å². The van der Waals surface area contributed by atoms with Crippen LogP contribution in [0.2, 0.25) is 0 Å². The van der Waals surface area contributed by atoms with Gasteiger partial charge in [-0.1, -0.05) is 54.9 Å². The predicted octanol–water partition coefficient (Wildman–Crippen LogP) is 8.89. The Labute approximate surface area is 187 Å². The third kappa shape index (κ3) is 2.08. The molecule has 6 rings (SSSR count). The lowest BCUT2D eigenvalue weighted by Crippen LogP contribution is -2.62. The van der Waals surface area contributed by atoms with Crippen LogP contribution in [0.4, 0.5) is 0 Å². The number of hydrogen-bond donors (Lipinski definition) is 0. The average Bonchev–Trinajstić information content (AvgIpc) is 3.35. The molecule has 170 valence electrons. The van der Waals surface area contributed by atoms with Crippen LogP contribution in [0, 0.1) is 62.1 Å². The van der Waals surface area contributed by atoms with Crippen molar-refractivity contribution < 1.29 is 0 Å². The second-order valence-corrected chi connectivity index (χ2v) is 15.4. The fraction of sp³-hybridized carbons (Fsp3) is 1.00. The van der Waals surface area contributed by atoms with Gasteiger partial charge in [0.2, 0.25) is 0 Å². The molecule has 0 aromatic carbocycles. The van der Waals surface area contributed by atoms with Gasteiger partial charge in [0.05, 0.1) is 0 Å². The monoisotopic (exact) mass is 410 g/mol. The summed E-state index contributed by atoms with van der Waals surface area (Å²) < 4.78 is 0. The maximum atomic E-state index is 2.85. The first-order chi connectivity index (χ1) is 14.0. The summed E-state index contributed by atoms with van der Waals surface area (Å²) in [7, 11) is 0. The molecule has 0 bridgehead atoms. The van der Waals surface area contributed by atoms with Crippen LogP contribution in [-0.4, -0.2) is 0 Å². The molecule has 0 saturated heterocycles. The quantitative estimate of drug-likeness (QED) is 0.374. The van der Waals surface area contributed by atoms with E-state index in [0.29, 0.717) is 27.1 Å². The summed E-state index contributed by atoms with van der Waals surface area (Å²) in [6.45, 7) is 18.9. The van der Waals surface area contributed by atoms with Crippen LogP contribution >= 0.6 is 0 Å². The van der Waals surface area contributed by atoms with Gasteiger partial charge in [-0.15, -0.1) is 0 Å². The van der Waals surface area contributed by atoms with Crippen molar-refractivity contribution in [2.24, 2.45) is 62.1 Å². The van der Waals surface area contributed by atoms with Crippen LogP contribution in [0.5, 0.6) is 0 Å². The molecule has 0 heterocycles. The van der Waals surface area contributed by atoms with Crippen LogP contribution in [0.15, 0.2) is 0 Å². The van der Waals surface area contributed by atoms with Crippen molar-refractivity contribution in [3.63, 3.8) is 0 Å². The van der Waals surface area contributed by atoms with Crippen LogP contribution < -0.4 is 0 Å². The molecule has 0 aromatic heterocycles. The maximum absolute atomic E-state index is 2.85. The van der Waals surface area contributed by atoms with E-state index in [-0.39, 0.29) is 0 Å². The summed E-state index contributed by atoms with van der Waals surface area (Å²) in [5, 5.41) is 0. The first-order valence-corrected chi connectivity index (χ1v) is 14.0. The van der Waals surface area contributed by atoms with E-state index in [1.807, 2.05) is 0 Å². The van der Waals surface area contributed by atoms with E-state index in [2.05, 4.69) is 48.5 Å². The molecular formula is C30H50. The molecule has 0 amide bonds. The van der Waals surface area contributed by atoms with E-state index in [9.17, 15) is 0 Å². The molecule has 6 aliphatic rings. The van der Waals surface area contributed by atoms with Gasteiger partial charge in [0.15, 0.2) is 0 Å². The Bertz CT molecular complexity index is 749. The number of fused-ring (bicyclic) bond motifs is 4. The Morgan fingerprint density at radius 3 is 2.17 bits per heavy atom. The standard InChI is InChI=1S/C30H50/c1-20-9-14-26(5)17-18-30-19-29(30,24(26)21(20)2)16-11-23-27(6)13-8-12-25(3,4)22(27)10-15-28(23,30)7/h20-24H,8-19H2,1-7H3/t20-,21+,22+,23-,24-,26-,27+,28-,29-,30-/m1/s1. The normalized spacial score (nSPS) is 63.5. The van der Waals surface area contributed by atoms with Gasteiger partial charge in [-0.3, -0.25) is 0 Å². The van der Waals surface area contributed by atoms with Crippen LogP contribution in [0.25, 0.3) is 0 Å². The van der Waals surface area contributed by atoms with Crippen molar-refractivity contribution in [1.29, 1.82) is 0 Å². The Morgan fingerprint density at radius 1 is 0.667 bits per heavy atom. The lowest BCUT2D eigenvalue weighted by atomic mass is 9.35. The summed E-state index contributed by atoms with van der Waals surface area (Å²) in [6.07, 6.45) is 18.5. The zero-order chi connectivity index (χ0) is 21.4. The van der Waals surface area contributed by atoms with Crippen molar-refractivity contribution in [3.05, 3.63) is 0 Å². The van der Waals surface area contributed by atoms with Crippen molar-refractivity contribution >= 4 is 0 Å². The molecular weight excluding hydrogens is 360 g/mol. The molecule has 0 unspecified atom stereocenters. The largest absolute Gasteiger partial charge is 0.0622 e. The Kier molecular flexibility index (Phi) is 3.93. The summed E-state index contributed by atoms with van der Waals surface area (Å²) in [5.74, 6) is 4.90. The first-order valence-electron chi connectivity index (χ1n) is 14.0. The molecule has 0 nitrogen and oxygen atoms in total. The number of rotatable bonds is 0. The van der Waals surface area contributed by atoms with E-state index in [1.165, 1.54) is 38.5 Å². The van der Waals surface area contributed by atoms with Crippen molar-refractivity contribution in [3.8, 4) is 0 Å². The lowest BCUT2D eigenvalue weighted by molar-refractivity contribution is -0.208. The highest BCUT2D eigenvalue weighted by Crippen LogP contribution is 2.91. The number of hydrogen-bond acceptors (Lipinski definition) is 0. The first kappa shape index (κ1) is 20.6. The van der Waals surface area contributed by atoms with Crippen molar-refractivity contribution in [2.75, 3.05) is 0 Å². The van der Waals surface area contributed by atoms with Gasteiger partial charge < -0.3 is 0 Å². The zero-order valence-corrected chi connectivity index (χ0v) is 21.4. The predicted molar refractivity (Wildman–Crippen MR) is 127 cm³/mol. The van der Waals surface area contributed by atoms with Gasteiger partial charge in [0.1, 0.15) is 0 Å². The molecule has 0 aromatic rings. The van der Waals surface area contributed by atoms with E-state index < -0.39 is 0 Å². The Balaban J connectivity index is 1.41. The third-order valence-electron chi connectivity index (χ3n) is 14.3. The maximum Gasteiger partial charge on any atom is -0.0175 e. The van der Waals surface area contributed by atoms with Gasteiger partial charge in [-0.25, -0.2) is 0 Å². The summed E-state index contributed by atoms with van der Waals surface area (Å²) in [5.41, 5.74) is 3.92. The molecule has 6 saturated carbocycles. The summed E-state index contributed by atoms with van der Waals surface area (Å²) >= 11 is 0. The van der Waals surface area contributed by atoms with E-state index in [4.69, 9.17) is 0 Å². The average molecular weight is 411 g/mol. The highest BCUT2D eigenvalue weighted by atomic mass is 14.9. The smallest absolute Gasteiger partial charge is 0.0175 e. The van der Waals surface area contributed by atoms with Crippen LogP contribution in [0.3, 0.4) is 0 Å². The Morgan fingerprint density at radius 2 is 1.40 bits per heavy atom. The molecule has 6 fully saturated rings. The van der Waals surface area contributed by atoms with Crippen molar-refractivity contribution in [2.45, 2.75) is 126 Å². The van der Waals surface area contributed by atoms with Gasteiger partial charge in [0, 0.05) is 0 Å². The van der Waals surface area contributed by atoms with E-state index in [0.717, 1.165) is 35.0 Å². The van der Waals surface area contributed by atoms with Crippen LogP contribution in [0.1, 0.15) is 126 Å². The van der Waals surface area contributed by atoms with Gasteiger partial charge in [-0.2, -0.15) is 0 Å². The fourth-order valence-corrected chi connectivity index (χ4v) is 12.9. The topological polar surface area (TPSA) is 0 Å². The minimum absolute atomic E-state index is 0.572. The Hall–Kier alpha value is 0. The van der Waals surface area contributed by atoms with E-state index >= 15 is 0 Å². The molecule has 10 atom stereocenters. The minimum atomic E-state index is 0.572. The second-order valence-electron chi connectivity index (χ2n) is 15.4. The van der Waals surface area contributed by atoms with Gasteiger partial charge in [-0.05, 0) is 133 Å². The van der Waals surface area contributed by atoms with Gasteiger partial charge >= 0.3 is 0 Å². The second kappa shape index (κ2) is 5.73. The van der Waals surface area contributed by atoms with E-state index in [1.54, 1.807) is 38.5 Å². The molecule has 30 heavy (non-hydrogen) atoms.